The van der Waals surface area contributed by atoms with Gasteiger partial charge in [0.15, 0.2) is 11.4 Å². The summed E-state index contributed by atoms with van der Waals surface area (Å²) in [5.74, 6) is 0.126. The largest absolute Gasteiger partial charge is 0.489 e. The zero-order valence-corrected chi connectivity index (χ0v) is 14.1. The van der Waals surface area contributed by atoms with Gasteiger partial charge in [0.1, 0.15) is 6.61 Å². The van der Waals surface area contributed by atoms with Crippen LogP contribution in [0.15, 0.2) is 17.0 Å². The van der Waals surface area contributed by atoms with E-state index in [0.717, 1.165) is 19.0 Å². The minimum absolute atomic E-state index is 0.126. The first kappa shape index (κ1) is 16.5. The van der Waals surface area contributed by atoms with Crippen LogP contribution in [0.4, 0.5) is 11.4 Å². The van der Waals surface area contributed by atoms with E-state index in [2.05, 4.69) is 10.2 Å². The van der Waals surface area contributed by atoms with Crippen LogP contribution in [-0.4, -0.2) is 62.7 Å². The number of sulfonamides is 1. The van der Waals surface area contributed by atoms with Gasteiger partial charge in [0.05, 0.1) is 28.6 Å². The second-order valence-electron chi connectivity index (χ2n) is 6.57. The molecular weight excluding hydrogens is 352 g/mol. The molecule has 2 saturated heterocycles. The van der Waals surface area contributed by atoms with Crippen molar-refractivity contribution >= 4 is 21.4 Å². The summed E-state index contributed by atoms with van der Waals surface area (Å²) < 4.78 is 34.2. The zero-order valence-electron chi connectivity index (χ0n) is 13.3. The number of nitrogens with one attached hydrogen (secondary N) is 1. The minimum atomic E-state index is -4.06. The molecule has 0 spiro atoms. The van der Waals surface area contributed by atoms with Gasteiger partial charge < -0.3 is 14.8 Å². The summed E-state index contributed by atoms with van der Waals surface area (Å²) in [5.41, 5.74) is -0.174. The number of hydrogen-bond acceptors (Lipinski definition) is 8. The first-order valence-electron chi connectivity index (χ1n) is 7.91. The van der Waals surface area contributed by atoms with Gasteiger partial charge in [-0.2, -0.15) is 0 Å². The number of likely N-dealkylation sites (tertiary alicyclic amines) is 1. The maximum absolute atomic E-state index is 11.5. The van der Waals surface area contributed by atoms with E-state index in [1.54, 1.807) is 0 Å². The van der Waals surface area contributed by atoms with Gasteiger partial charge in [-0.25, -0.2) is 13.6 Å². The molecule has 0 radical (unpaired) electrons. The van der Waals surface area contributed by atoms with Crippen molar-refractivity contribution in [1.82, 2.24) is 4.90 Å². The molecule has 3 heterocycles. The van der Waals surface area contributed by atoms with Crippen molar-refractivity contribution in [1.29, 1.82) is 0 Å². The Labute approximate surface area is 144 Å². The van der Waals surface area contributed by atoms with Gasteiger partial charge >= 0.3 is 0 Å². The van der Waals surface area contributed by atoms with E-state index < -0.39 is 14.9 Å². The number of hydrogen-bond donors (Lipinski definition) is 2. The number of nitrogens with zero attached hydrogens (tertiary/aromatic N) is 2. The summed E-state index contributed by atoms with van der Waals surface area (Å²) in [6, 6.07) is 2.42. The Morgan fingerprint density at radius 1 is 1.40 bits per heavy atom. The van der Waals surface area contributed by atoms with E-state index in [-0.39, 0.29) is 40.8 Å². The van der Waals surface area contributed by atoms with Crippen LogP contribution in [0.25, 0.3) is 0 Å². The van der Waals surface area contributed by atoms with E-state index in [9.17, 15) is 18.5 Å². The number of ether oxygens (including phenoxy) is 2. The summed E-state index contributed by atoms with van der Waals surface area (Å²) >= 11 is 0. The van der Waals surface area contributed by atoms with Crippen LogP contribution in [-0.2, 0) is 14.8 Å². The highest BCUT2D eigenvalue weighted by molar-refractivity contribution is 7.89. The highest BCUT2D eigenvalue weighted by atomic mass is 32.2. The second-order valence-corrected chi connectivity index (χ2v) is 8.13. The number of nitrogens with two attached hydrogens (primary N) is 1. The molecule has 2 bridgehead atoms. The molecule has 10 nitrogen and oxygen atoms in total. The minimum Gasteiger partial charge on any atom is -0.489 e. The molecule has 0 saturated carbocycles. The molecule has 4 rings (SSSR count). The smallest absolute Gasteiger partial charge is 0.297 e. The first-order valence-corrected chi connectivity index (χ1v) is 9.46. The average Bonchev–Trinajstić information content (AvgIpc) is 3.15. The van der Waals surface area contributed by atoms with Crippen molar-refractivity contribution in [3.05, 3.63) is 22.2 Å². The lowest BCUT2D eigenvalue weighted by atomic mass is 10.1. The second kappa shape index (κ2) is 5.80. The molecule has 1 aromatic carbocycles. The van der Waals surface area contributed by atoms with Crippen LogP contribution in [0.1, 0.15) is 6.42 Å². The molecule has 25 heavy (non-hydrogen) atoms. The third-order valence-electron chi connectivity index (χ3n) is 4.84. The molecule has 2 fully saturated rings. The molecule has 11 heteroatoms. The summed E-state index contributed by atoms with van der Waals surface area (Å²) in [5, 5.41) is 19.6. The third kappa shape index (κ3) is 3.03. The summed E-state index contributed by atoms with van der Waals surface area (Å²) in [6.07, 6.45) is 1.29. The normalized spacial score (nSPS) is 28.3. The Morgan fingerprint density at radius 3 is 2.80 bits per heavy atom. The topological polar surface area (TPSA) is 137 Å². The zero-order chi connectivity index (χ0) is 17.8. The predicted octanol–water partition coefficient (Wildman–Crippen LogP) is -0.112. The van der Waals surface area contributed by atoms with Gasteiger partial charge in [-0.3, -0.25) is 15.0 Å². The Kier molecular flexibility index (Phi) is 3.83. The van der Waals surface area contributed by atoms with Crippen LogP contribution < -0.4 is 15.2 Å². The summed E-state index contributed by atoms with van der Waals surface area (Å²) in [7, 11) is -4.06. The van der Waals surface area contributed by atoms with Gasteiger partial charge in [-0.1, -0.05) is 0 Å². The Bertz CT molecular complexity index is 829. The maximum atomic E-state index is 11.5. The molecular formula is C14H18N4O6S. The first-order chi connectivity index (χ1) is 11.8. The van der Waals surface area contributed by atoms with Gasteiger partial charge in [-0.05, 0) is 6.42 Å². The summed E-state index contributed by atoms with van der Waals surface area (Å²) in [4.78, 5) is 12.7. The molecule has 136 valence electrons. The third-order valence-corrected chi connectivity index (χ3v) is 5.73. The van der Waals surface area contributed by atoms with Crippen molar-refractivity contribution in [3.63, 3.8) is 0 Å². The van der Waals surface area contributed by atoms with Gasteiger partial charge in [0.2, 0.25) is 10.0 Å². The fourth-order valence-corrected chi connectivity index (χ4v) is 4.21. The number of benzene rings is 1. The number of rotatable bonds is 4. The molecule has 3 aliphatic heterocycles. The number of fused-ring (bicyclic) bond motifs is 3. The van der Waals surface area contributed by atoms with Crippen LogP contribution in [0.3, 0.4) is 0 Å². The number of nitro benzene ring substituents is 1. The lowest BCUT2D eigenvalue weighted by molar-refractivity contribution is -0.384. The fourth-order valence-electron chi connectivity index (χ4n) is 3.66. The molecule has 0 amide bonds. The van der Waals surface area contributed by atoms with Crippen molar-refractivity contribution in [2.75, 3.05) is 31.6 Å². The molecule has 0 aliphatic carbocycles. The van der Waals surface area contributed by atoms with Crippen LogP contribution >= 0.6 is 0 Å². The van der Waals surface area contributed by atoms with Crippen molar-refractivity contribution in [2.45, 2.75) is 29.5 Å². The Morgan fingerprint density at radius 2 is 2.20 bits per heavy atom. The summed E-state index contributed by atoms with van der Waals surface area (Å²) in [6.45, 7) is 2.53. The Hall–Kier alpha value is -1.95. The van der Waals surface area contributed by atoms with E-state index in [0.29, 0.717) is 19.2 Å². The monoisotopic (exact) mass is 370 g/mol. The van der Waals surface area contributed by atoms with Gasteiger partial charge in [0, 0.05) is 31.3 Å². The van der Waals surface area contributed by atoms with E-state index in [1.807, 2.05) is 0 Å². The molecule has 3 atom stereocenters. The number of morpholine rings is 1. The van der Waals surface area contributed by atoms with Crippen LogP contribution in [0, 0.1) is 10.1 Å². The van der Waals surface area contributed by atoms with E-state index >= 15 is 0 Å². The van der Waals surface area contributed by atoms with Crippen LogP contribution in [0.2, 0.25) is 0 Å². The Balaban J connectivity index is 1.58. The molecule has 0 aromatic heterocycles. The van der Waals surface area contributed by atoms with Gasteiger partial charge in [0.25, 0.3) is 5.69 Å². The molecule has 3 aliphatic rings. The quantitative estimate of drug-likeness (QED) is 0.553. The molecule has 1 unspecified atom stereocenters. The number of anilines is 1. The molecule has 1 aromatic rings. The van der Waals surface area contributed by atoms with Crippen LogP contribution in [0.5, 0.6) is 5.75 Å². The van der Waals surface area contributed by atoms with E-state index in [1.165, 1.54) is 6.07 Å². The lowest BCUT2D eigenvalue weighted by Crippen LogP contribution is -2.47. The fraction of sp³-hybridized carbons (Fsp3) is 0.571. The standard InChI is InChI=1S/C14H18N4O6S/c15-25(21,22)11-2-12(18(19)20)14-13(3-11)24-6-8(16-14)4-17-5-10-1-9(17)7-23-10/h2-3,8-10,16H,1,4-7H2,(H2,15,21,22)/t8?,9-,10-/m0/s1. The van der Waals surface area contributed by atoms with E-state index in [4.69, 9.17) is 14.6 Å². The SMILES string of the molecule is NS(=O)(=O)c1cc2c(c([N+](=O)[O-])c1)NC(CN1C[C@@H]3C[C@H]1CO3)CO2. The maximum Gasteiger partial charge on any atom is 0.297 e. The highest BCUT2D eigenvalue weighted by Crippen LogP contribution is 2.40. The number of primary sulfonamides is 1. The van der Waals surface area contributed by atoms with Crippen molar-refractivity contribution in [2.24, 2.45) is 5.14 Å². The predicted molar refractivity (Wildman–Crippen MR) is 87.1 cm³/mol. The number of nitro groups is 1. The highest BCUT2D eigenvalue weighted by Gasteiger charge is 2.40. The average molecular weight is 370 g/mol. The van der Waals surface area contributed by atoms with Crippen molar-refractivity contribution in [3.8, 4) is 5.75 Å². The van der Waals surface area contributed by atoms with Gasteiger partial charge in [-0.15, -0.1) is 0 Å². The lowest BCUT2D eigenvalue weighted by Gasteiger charge is -2.33. The van der Waals surface area contributed by atoms with Crippen molar-refractivity contribution < 1.29 is 22.8 Å². The molecule has 3 N–H and O–H groups in total.